The summed E-state index contributed by atoms with van der Waals surface area (Å²) in [6.07, 6.45) is 0.858. The molecule has 1 fully saturated rings. The molecule has 39 heavy (non-hydrogen) atoms. The van der Waals surface area contributed by atoms with Crippen molar-refractivity contribution >= 4 is 44.1 Å². The number of Topliss-reactive ketones (excluding diaryl/α,β-unsaturated/α-hetero) is 1. The zero-order chi connectivity index (χ0) is 27.7. The lowest BCUT2D eigenvalue weighted by molar-refractivity contribution is -0.132. The summed E-state index contributed by atoms with van der Waals surface area (Å²) < 4.78 is 17.5. The fourth-order valence-corrected chi connectivity index (χ4v) is 5.74. The van der Waals surface area contributed by atoms with Crippen molar-refractivity contribution in [2.45, 2.75) is 26.3 Å². The first kappa shape index (κ1) is 26.2. The minimum atomic E-state index is -1.01. The van der Waals surface area contributed by atoms with Gasteiger partial charge in [0.05, 0.1) is 36.6 Å². The summed E-state index contributed by atoms with van der Waals surface area (Å²) in [5.41, 5.74) is 2.65. The van der Waals surface area contributed by atoms with Crippen molar-refractivity contribution in [2.75, 3.05) is 25.7 Å². The standard InChI is InChI=1S/C30H28N2O6S/c1-5-17-7-13-22-24(15-17)39-30(31-22)32-26(21-16-20(36-3)12-14-23(21)37-4)25(28(34)29(32)35)27(33)18-8-10-19(11-9-18)38-6-2/h7-16,26,33H,5-6H2,1-4H3/b27-25+/t26-/m1/s1. The molecule has 0 radical (unpaired) electrons. The number of carbonyl (C=O) groups excluding carboxylic acids is 2. The summed E-state index contributed by atoms with van der Waals surface area (Å²) in [5, 5.41) is 11.8. The van der Waals surface area contributed by atoms with E-state index in [9.17, 15) is 14.7 Å². The number of carbonyl (C=O) groups is 2. The number of hydrogen-bond acceptors (Lipinski definition) is 8. The molecule has 2 heterocycles. The van der Waals surface area contributed by atoms with E-state index in [1.807, 2.05) is 25.1 Å². The molecule has 0 saturated carbocycles. The molecule has 0 unspecified atom stereocenters. The normalized spacial score (nSPS) is 16.6. The van der Waals surface area contributed by atoms with Crippen LogP contribution in [0.25, 0.3) is 16.0 Å². The summed E-state index contributed by atoms with van der Waals surface area (Å²) in [7, 11) is 3.04. The topological polar surface area (TPSA) is 98.2 Å². The number of amides is 1. The van der Waals surface area contributed by atoms with E-state index in [1.54, 1.807) is 42.5 Å². The Kier molecular flexibility index (Phi) is 7.26. The van der Waals surface area contributed by atoms with Crippen molar-refractivity contribution in [3.05, 3.63) is 82.9 Å². The lowest BCUT2D eigenvalue weighted by Gasteiger charge is -2.25. The highest BCUT2D eigenvalue weighted by Gasteiger charge is 2.49. The third kappa shape index (κ3) is 4.70. The molecule has 1 atom stereocenters. The molecule has 200 valence electrons. The first-order chi connectivity index (χ1) is 18.9. The zero-order valence-corrected chi connectivity index (χ0v) is 22.9. The van der Waals surface area contributed by atoms with Gasteiger partial charge in [-0.25, -0.2) is 4.98 Å². The minimum absolute atomic E-state index is 0.0655. The molecule has 0 bridgehead atoms. The van der Waals surface area contributed by atoms with Crippen LogP contribution in [0.1, 0.15) is 36.6 Å². The molecule has 1 N–H and O–H groups in total. The largest absolute Gasteiger partial charge is 0.507 e. The number of ether oxygens (including phenoxy) is 3. The number of benzene rings is 3. The van der Waals surface area contributed by atoms with E-state index in [2.05, 4.69) is 6.92 Å². The number of aromatic nitrogens is 1. The third-order valence-corrected chi connectivity index (χ3v) is 7.69. The molecule has 4 aromatic rings. The number of ketones is 1. The second-order valence-electron chi connectivity index (χ2n) is 8.89. The SMILES string of the molecule is CCOc1ccc(/C(O)=C2\C(=O)C(=O)N(c3nc4ccc(CC)cc4s3)[C@@H]2c2cc(OC)ccc2OC)cc1. The molecule has 8 nitrogen and oxygen atoms in total. The van der Waals surface area contributed by atoms with Gasteiger partial charge in [0, 0.05) is 11.1 Å². The van der Waals surface area contributed by atoms with E-state index < -0.39 is 17.7 Å². The predicted molar refractivity (Wildman–Crippen MR) is 151 cm³/mol. The Morgan fingerprint density at radius 1 is 0.974 bits per heavy atom. The number of aryl methyl sites for hydroxylation is 1. The number of methoxy groups -OCH3 is 2. The number of nitrogens with zero attached hydrogens (tertiary/aromatic N) is 2. The van der Waals surface area contributed by atoms with Gasteiger partial charge < -0.3 is 19.3 Å². The molecule has 9 heteroatoms. The van der Waals surface area contributed by atoms with Gasteiger partial charge in [0.25, 0.3) is 5.78 Å². The highest BCUT2D eigenvalue weighted by Crippen LogP contribution is 2.47. The lowest BCUT2D eigenvalue weighted by atomic mass is 9.94. The van der Waals surface area contributed by atoms with Crippen LogP contribution in [0.3, 0.4) is 0 Å². The highest BCUT2D eigenvalue weighted by atomic mass is 32.1. The summed E-state index contributed by atoms with van der Waals surface area (Å²) in [4.78, 5) is 33.3. The lowest BCUT2D eigenvalue weighted by Crippen LogP contribution is -2.29. The summed E-state index contributed by atoms with van der Waals surface area (Å²) in [5.74, 6) is -0.337. The van der Waals surface area contributed by atoms with Crippen molar-refractivity contribution in [2.24, 2.45) is 0 Å². The highest BCUT2D eigenvalue weighted by molar-refractivity contribution is 7.22. The number of hydrogen-bond donors (Lipinski definition) is 1. The fraction of sp³-hybridized carbons (Fsp3) is 0.233. The Balaban J connectivity index is 1.73. The molecule has 0 aliphatic carbocycles. The number of anilines is 1. The van der Waals surface area contributed by atoms with Gasteiger partial charge in [-0.05, 0) is 73.5 Å². The number of aliphatic hydroxyl groups excluding tert-OH is 1. The predicted octanol–water partition coefficient (Wildman–Crippen LogP) is 5.90. The van der Waals surface area contributed by atoms with Gasteiger partial charge in [-0.3, -0.25) is 14.5 Å². The Labute approximate surface area is 230 Å². The van der Waals surface area contributed by atoms with Crippen LogP contribution in [0.5, 0.6) is 17.2 Å². The quantitative estimate of drug-likeness (QED) is 0.168. The maximum atomic E-state index is 13.6. The molecule has 1 saturated heterocycles. The maximum Gasteiger partial charge on any atom is 0.301 e. The number of fused-ring (bicyclic) bond motifs is 1. The van der Waals surface area contributed by atoms with Crippen LogP contribution in [-0.4, -0.2) is 42.6 Å². The van der Waals surface area contributed by atoms with Crippen molar-refractivity contribution in [3.63, 3.8) is 0 Å². The number of aliphatic hydroxyl groups is 1. The van der Waals surface area contributed by atoms with E-state index in [-0.39, 0.29) is 11.3 Å². The summed E-state index contributed by atoms with van der Waals surface area (Å²) in [6.45, 7) is 4.44. The van der Waals surface area contributed by atoms with Crippen LogP contribution in [-0.2, 0) is 16.0 Å². The van der Waals surface area contributed by atoms with E-state index in [0.717, 1.165) is 22.2 Å². The first-order valence-electron chi connectivity index (χ1n) is 12.6. The maximum absolute atomic E-state index is 13.6. The molecular formula is C30H28N2O6S. The molecule has 0 spiro atoms. The van der Waals surface area contributed by atoms with Crippen LogP contribution < -0.4 is 19.1 Å². The minimum Gasteiger partial charge on any atom is -0.507 e. The first-order valence-corrected chi connectivity index (χ1v) is 13.4. The van der Waals surface area contributed by atoms with Crippen LogP contribution in [0.15, 0.2) is 66.2 Å². The fourth-order valence-electron chi connectivity index (χ4n) is 4.69. The number of rotatable bonds is 8. The Morgan fingerprint density at radius 3 is 2.38 bits per heavy atom. The third-order valence-electron chi connectivity index (χ3n) is 6.67. The number of thiazole rings is 1. The molecule has 1 aromatic heterocycles. The average Bonchev–Trinajstić information content (AvgIpc) is 3.50. The Hall–Kier alpha value is -4.37. The van der Waals surface area contributed by atoms with E-state index in [4.69, 9.17) is 19.2 Å². The van der Waals surface area contributed by atoms with Crippen LogP contribution in [0.4, 0.5) is 5.13 Å². The van der Waals surface area contributed by atoms with Crippen molar-refractivity contribution < 1.29 is 28.9 Å². The van der Waals surface area contributed by atoms with Crippen molar-refractivity contribution in [1.82, 2.24) is 4.98 Å². The van der Waals surface area contributed by atoms with Gasteiger partial charge in [-0.1, -0.05) is 24.3 Å². The Morgan fingerprint density at radius 2 is 1.72 bits per heavy atom. The van der Waals surface area contributed by atoms with Crippen molar-refractivity contribution in [1.29, 1.82) is 0 Å². The van der Waals surface area contributed by atoms with Gasteiger partial charge in [0.2, 0.25) is 0 Å². The molecule has 3 aromatic carbocycles. The van der Waals surface area contributed by atoms with Crippen molar-refractivity contribution in [3.8, 4) is 17.2 Å². The second kappa shape index (κ2) is 10.8. The van der Waals surface area contributed by atoms with Gasteiger partial charge in [0.15, 0.2) is 5.13 Å². The van der Waals surface area contributed by atoms with E-state index in [0.29, 0.717) is 40.1 Å². The van der Waals surface area contributed by atoms with Gasteiger partial charge in [0.1, 0.15) is 29.0 Å². The molecule has 1 aliphatic rings. The van der Waals surface area contributed by atoms with Gasteiger partial charge >= 0.3 is 5.91 Å². The van der Waals surface area contributed by atoms with Gasteiger partial charge in [-0.2, -0.15) is 0 Å². The summed E-state index contributed by atoms with van der Waals surface area (Å²) in [6, 6.07) is 16.8. The Bertz CT molecular complexity index is 1590. The smallest absolute Gasteiger partial charge is 0.301 e. The van der Waals surface area contributed by atoms with Crippen LogP contribution in [0.2, 0.25) is 0 Å². The molecule has 5 rings (SSSR count). The molecule has 1 amide bonds. The molecular weight excluding hydrogens is 516 g/mol. The average molecular weight is 545 g/mol. The van der Waals surface area contributed by atoms with Crippen LogP contribution >= 0.6 is 11.3 Å². The van der Waals surface area contributed by atoms with Crippen LogP contribution in [0, 0.1) is 0 Å². The zero-order valence-electron chi connectivity index (χ0n) is 22.1. The second-order valence-corrected chi connectivity index (χ2v) is 9.90. The van der Waals surface area contributed by atoms with Gasteiger partial charge in [-0.15, -0.1) is 0 Å². The van der Waals surface area contributed by atoms with E-state index in [1.165, 1.54) is 30.5 Å². The van der Waals surface area contributed by atoms with E-state index >= 15 is 0 Å². The molecule has 1 aliphatic heterocycles. The monoisotopic (exact) mass is 544 g/mol. The summed E-state index contributed by atoms with van der Waals surface area (Å²) >= 11 is 1.32.